The third kappa shape index (κ3) is 4.22. The second-order valence-electron chi connectivity index (χ2n) is 5.44. The molecule has 0 saturated heterocycles. The number of hydrogen-bond donors (Lipinski definition) is 1. The Hall–Kier alpha value is -2.73. The van der Waals surface area contributed by atoms with Crippen LogP contribution in [0.25, 0.3) is 5.69 Å². The Balaban J connectivity index is 1.65. The van der Waals surface area contributed by atoms with Crippen LogP contribution < -0.4 is 10.1 Å². The molecule has 0 aliphatic carbocycles. The molecule has 1 N–H and O–H groups in total. The summed E-state index contributed by atoms with van der Waals surface area (Å²) in [6, 6.07) is 15.4. The number of anilines is 1. The molecule has 5 nitrogen and oxygen atoms in total. The molecule has 2 aromatic carbocycles. The normalized spacial score (nSPS) is 10.5. The van der Waals surface area contributed by atoms with Crippen LogP contribution in [0.5, 0.6) is 5.75 Å². The predicted octanol–water partition coefficient (Wildman–Crippen LogP) is 3.92. The highest BCUT2D eigenvalue weighted by Crippen LogP contribution is 2.23. The first-order chi connectivity index (χ1) is 12.2. The highest BCUT2D eigenvalue weighted by Gasteiger charge is 2.10. The maximum absolute atomic E-state index is 12.2. The van der Waals surface area contributed by atoms with Gasteiger partial charge in [0.2, 0.25) is 5.91 Å². The van der Waals surface area contributed by atoms with E-state index in [1.807, 2.05) is 47.2 Å². The van der Waals surface area contributed by atoms with E-state index in [2.05, 4.69) is 23.3 Å². The van der Waals surface area contributed by atoms with Crippen molar-refractivity contribution in [1.29, 1.82) is 0 Å². The summed E-state index contributed by atoms with van der Waals surface area (Å²) in [6.45, 7) is 2.05. The number of rotatable bonds is 6. The summed E-state index contributed by atoms with van der Waals surface area (Å²) in [5, 5.41) is 3.66. The van der Waals surface area contributed by atoms with E-state index in [-0.39, 0.29) is 11.7 Å². The molecule has 0 bridgehead atoms. The van der Waals surface area contributed by atoms with Gasteiger partial charge in [-0.1, -0.05) is 36.0 Å². The van der Waals surface area contributed by atoms with Gasteiger partial charge in [-0.05, 0) is 30.7 Å². The summed E-state index contributed by atoms with van der Waals surface area (Å²) in [4.78, 5) is 16.6. The zero-order valence-electron chi connectivity index (χ0n) is 14.1. The zero-order chi connectivity index (χ0) is 17.6. The van der Waals surface area contributed by atoms with Gasteiger partial charge in [-0.3, -0.25) is 9.36 Å². The van der Waals surface area contributed by atoms with Gasteiger partial charge in [-0.2, -0.15) is 0 Å². The molecular weight excluding hydrogens is 334 g/mol. The molecule has 1 aromatic heterocycles. The van der Waals surface area contributed by atoms with E-state index < -0.39 is 0 Å². The van der Waals surface area contributed by atoms with Crippen LogP contribution in [-0.2, 0) is 4.79 Å². The van der Waals surface area contributed by atoms with Crippen LogP contribution >= 0.6 is 11.8 Å². The van der Waals surface area contributed by atoms with Gasteiger partial charge in [0.05, 0.1) is 18.6 Å². The topological polar surface area (TPSA) is 56.1 Å². The number of carbonyl (C=O) groups is 1. The van der Waals surface area contributed by atoms with Crippen LogP contribution in [0, 0.1) is 6.92 Å². The molecule has 3 aromatic rings. The summed E-state index contributed by atoms with van der Waals surface area (Å²) in [5.41, 5.74) is 2.94. The molecule has 0 atom stereocenters. The number of aryl methyl sites for hydroxylation is 1. The predicted molar refractivity (Wildman–Crippen MR) is 101 cm³/mol. The van der Waals surface area contributed by atoms with E-state index in [4.69, 9.17) is 4.74 Å². The number of para-hydroxylation sites is 1. The maximum Gasteiger partial charge on any atom is 0.234 e. The molecule has 128 valence electrons. The highest BCUT2D eigenvalue weighted by molar-refractivity contribution is 7.99. The number of aromatic nitrogens is 2. The van der Waals surface area contributed by atoms with Crippen LogP contribution in [0.1, 0.15) is 5.56 Å². The molecular formula is C19H19N3O2S. The monoisotopic (exact) mass is 353 g/mol. The minimum absolute atomic E-state index is 0.0856. The van der Waals surface area contributed by atoms with Crippen LogP contribution in [0.15, 0.2) is 66.1 Å². The first-order valence-corrected chi connectivity index (χ1v) is 8.82. The van der Waals surface area contributed by atoms with Crippen LogP contribution in [0.2, 0.25) is 0 Å². The minimum atomic E-state index is -0.0856. The molecule has 0 aliphatic heterocycles. The summed E-state index contributed by atoms with van der Waals surface area (Å²) in [7, 11) is 1.60. The Morgan fingerprint density at radius 2 is 2.08 bits per heavy atom. The molecule has 3 rings (SSSR count). The quantitative estimate of drug-likeness (QED) is 0.683. The fraction of sp³-hybridized carbons (Fsp3) is 0.158. The van der Waals surface area contributed by atoms with Crippen molar-refractivity contribution in [1.82, 2.24) is 9.55 Å². The van der Waals surface area contributed by atoms with E-state index in [9.17, 15) is 4.79 Å². The fourth-order valence-electron chi connectivity index (χ4n) is 2.44. The lowest BCUT2D eigenvalue weighted by molar-refractivity contribution is -0.113. The van der Waals surface area contributed by atoms with Crippen molar-refractivity contribution >= 4 is 23.4 Å². The molecule has 0 spiro atoms. The summed E-state index contributed by atoms with van der Waals surface area (Å²) in [5.74, 6) is 0.901. The third-order valence-corrected chi connectivity index (χ3v) is 4.63. The molecule has 0 fully saturated rings. The fourth-order valence-corrected chi connectivity index (χ4v) is 3.21. The number of nitrogens with one attached hydrogen (secondary N) is 1. The number of ether oxygens (including phenoxy) is 1. The smallest absolute Gasteiger partial charge is 0.234 e. The standard InChI is InChI=1S/C19H19N3O2S/c1-14-6-3-4-9-17(14)22-11-10-20-19(22)25-13-18(23)21-15-7-5-8-16(12-15)24-2/h3-12H,13H2,1-2H3,(H,21,23). The van der Waals surface area contributed by atoms with Crippen molar-refractivity contribution in [2.24, 2.45) is 0 Å². The number of benzene rings is 2. The van der Waals surface area contributed by atoms with Gasteiger partial charge >= 0.3 is 0 Å². The van der Waals surface area contributed by atoms with Crippen LogP contribution in [0.3, 0.4) is 0 Å². The van der Waals surface area contributed by atoms with Crippen molar-refractivity contribution < 1.29 is 9.53 Å². The Labute approximate surface area is 151 Å². The number of hydrogen-bond acceptors (Lipinski definition) is 4. The number of imidazole rings is 1. The van der Waals surface area contributed by atoms with Gasteiger partial charge in [0.25, 0.3) is 0 Å². The van der Waals surface area contributed by atoms with Crippen LogP contribution in [-0.4, -0.2) is 28.3 Å². The molecule has 1 amide bonds. The third-order valence-electron chi connectivity index (χ3n) is 3.67. The first kappa shape index (κ1) is 17.1. The summed E-state index contributed by atoms with van der Waals surface area (Å²) < 4.78 is 7.16. The van der Waals surface area contributed by atoms with E-state index in [1.54, 1.807) is 19.4 Å². The zero-order valence-corrected chi connectivity index (χ0v) is 14.9. The van der Waals surface area contributed by atoms with Crippen molar-refractivity contribution in [3.63, 3.8) is 0 Å². The Bertz CT molecular complexity index is 876. The maximum atomic E-state index is 12.2. The lowest BCUT2D eigenvalue weighted by atomic mass is 10.2. The largest absolute Gasteiger partial charge is 0.497 e. The average Bonchev–Trinajstić information content (AvgIpc) is 3.09. The van der Waals surface area contributed by atoms with Gasteiger partial charge in [0, 0.05) is 24.1 Å². The average molecular weight is 353 g/mol. The number of amides is 1. The highest BCUT2D eigenvalue weighted by atomic mass is 32.2. The number of nitrogens with zero attached hydrogens (tertiary/aromatic N) is 2. The summed E-state index contributed by atoms with van der Waals surface area (Å²) >= 11 is 1.40. The second kappa shape index (κ2) is 7.90. The Kier molecular flexibility index (Phi) is 5.40. The van der Waals surface area contributed by atoms with Gasteiger partial charge < -0.3 is 10.1 Å². The molecule has 0 radical (unpaired) electrons. The molecule has 0 aliphatic rings. The SMILES string of the molecule is COc1cccc(NC(=O)CSc2nccn2-c2ccccc2C)c1. The van der Waals surface area contributed by atoms with Crippen molar-refractivity contribution in [2.45, 2.75) is 12.1 Å². The molecule has 6 heteroatoms. The minimum Gasteiger partial charge on any atom is -0.497 e. The molecule has 0 unspecified atom stereocenters. The number of thioether (sulfide) groups is 1. The second-order valence-corrected chi connectivity index (χ2v) is 6.38. The number of methoxy groups -OCH3 is 1. The Morgan fingerprint density at radius 3 is 2.88 bits per heavy atom. The number of carbonyl (C=O) groups excluding carboxylic acids is 1. The first-order valence-electron chi connectivity index (χ1n) is 7.83. The van der Waals surface area contributed by atoms with Gasteiger partial charge in [-0.15, -0.1) is 0 Å². The van der Waals surface area contributed by atoms with E-state index in [0.717, 1.165) is 16.4 Å². The van der Waals surface area contributed by atoms with Crippen molar-refractivity contribution in [3.8, 4) is 11.4 Å². The Morgan fingerprint density at radius 1 is 1.24 bits per heavy atom. The van der Waals surface area contributed by atoms with E-state index in [0.29, 0.717) is 11.4 Å². The van der Waals surface area contributed by atoms with Gasteiger partial charge in [0.15, 0.2) is 5.16 Å². The van der Waals surface area contributed by atoms with Crippen LogP contribution in [0.4, 0.5) is 5.69 Å². The van der Waals surface area contributed by atoms with Gasteiger partial charge in [-0.25, -0.2) is 4.98 Å². The van der Waals surface area contributed by atoms with Gasteiger partial charge in [0.1, 0.15) is 5.75 Å². The molecule has 25 heavy (non-hydrogen) atoms. The van der Waals surface area contributed by atoms with E-state index >= 15 is 0 Å². The van der Waals surface area contributed by atoms with Crippen molar-refractivity contribution in [3.05, 3.63) is 66.5 Å². The van der Waals surface area contributed by atoms with E-state index in [1.165, 1.54) is 11.8 Å². The lowest BCUT2D eigenvalue weighted by Crippen LogP contribution is -2.14. The molecule has 1 heterocycles. The summed E-state index contributed by atoms with van der Waals surface area (Å²) in [6.07, 6.45) is 3.65. The van der Waals surface area contributed by atoms with Crippen molar-refractivity contribution in [2.75, 3.05) is 18.2 Å². The lowest BCUT2D eigenvalue weighted by Gasteiger charge is -2.10. The molecule has 0 saturated carbocycles.